The molecule has 7 rings (SSSR count). The predicted molar refractivity (Wildman–Crippen MR) is 164 cm³/mol. The Balaban J connectivity index is 1.16. The minimum atomic E-state index is -1.19. The third-order valence-corrected chi connectivity index (χ3v) is 8.81. The molecule has 4 atom stereocenters. The van der Waals surface area contributed by atoms with E-state index in [1.54, 1.807) is 26.8 Å². The lowest BCUT2D eigenvalue weighted by molar-refractivity contribution is -0.145. The number of fused-ring (bicyclic) bond motifs is 3. The fraction of sp³-hybridized carbons (Fsp3) is 0.294. The van der Waals surface area contributed by atoms with Crippen LogP contribution in [0.1, 0.15) is 42.7 Å². The van der Waals surface area contributed by atoms with Crippen LogP contribution in [0.15, 0.2) is 91.6 Å². The molecule has 0 radical (unpaired) electrons. The van der Waals surface area contributed by atoms with Crippen molar-refractivity contribution in [3.8, 4) is 5.75 Å². The van der Waals surface area contributed by atoms with Gasteiger partial charge >= 0.3 is 0 Å². The maximum atomic E-state index is 14.2. The number of aryl methyl sites for hydroxylation is 1. The number of hydrogen-bond donors (Lipinski definition) is 1. The van der Waals surface area contributed by atoms with Crippen molar-refractivity contribution in [1.82, 2.24) is 15.0 Å². The largest absolute Gasteiger partial charge is 0.482 e. The zero-order chi connectivity index (χ0) is 30.4. The molecule has 1 aromatic heterocycles. The number of para-hydroxylation sites is 2. The van der Waals surface area contributed by atoms with Gasteiger partial charge in [0.25, 0.3) is 11.8 Å². The summed E-state index contributed by atoms with van der Waals surface area (Å²) < 4.78 is 14.1. The van der Waals surface area contributed by atoms with E-state index < -0.39 is 11.7 Å². The van der Waals surface area contributed by atoms with E-state index in [1.165, 1.54) is 0 Å². The van der Waals surface area contributed by atoms with Crippen LogP contribution in [-0.2, 0) is 26.5 Å². The van der Waals surface area contributed by atoms with Crippen molar-refractivity contribution in [1.29, 1.82) is 0 Å². The number of amides is 2. The topological polar surface area (TPSA) is 110 Å². The third-order valence-electron chi connectivity index (χ3n) is 8.81. The molecule has 0 aliphatic carbocycles. The highest BCUT2D eigenvalue weighted by molar-refractivity contribution is 6.09. The molecule has 1 fully saturated rings. The number of anilines is 3. The van der Waals surface area contributed by atoms with Gasteiger partial charge in [0.1, 0.15) is 17.5 Å². The second-order valence-corrected chi connectivity index (χ2v) is 11.5. The van der Waals surface area contributed by atoms with Crippen LogP contribution in [0, 0.1) is 5.92 Å². The molecule has 1 spiro atoms. The second kappa shape index (κ2) is 11.0. The Hall–Kier alpha value is -4.80. The number of carbonyl (C=O) groups is 2. The van der Waals surface area contributed by atoms with Crippen LogP contribution in [0.2, 0.25) is 0 Å². The first-order valence-electron chi connectivity index (χ1n) is 14.8. The Labute approximate surface area is 255 Å². The monoisotopic (exact) mass is 591 g/mol. The molecule has 1 saturated heterocycles. The zero-order valence-electron chi connectivity index (χ0n) is 24.4. The number of aromatic nitrogens is 3. The number of ether oxygens (including phenoxy) is 2. The average Bonchev–Trinajstić information content (AvgIpc) is 3.72. The third kappa shape index (κ3) is 4.49. The Kier molecular flexibility index (Phi) is 7.02. The van der Waals surface area contributed by atoms with Crippen molar-refractivity contribution in [3.63, 3.8) is 0 Å². The van der Waals surface area contributed by atoms with E-state index in [2.05, 4.69) is 16.9 Å². The summed E-state index contributed by atoms with van der Waals surface area (Å²) in [5.41, 5.74) is 2.86. The summed E-state index contributed by atoms with van der Waals surface area (Å²) in [4.78, 5) is 30.6. The number of aliphatic hydroxyl groups excluding tert-OH is 1. The van der Waals surface area contributed by atoms with Crippen molar-refractivity contribution in [2.75, 3.05) is 23.0 Å². The molecule has 0 saturated carbocycles. The Morgan fingerprint density at radius 3 is 2.70 bits per heavy atom. The maximum Gasteiger partial charge on any atom is 0.269 e. The van der Waals surface area contributed by atoms with E-state index in [1.807, 2.05) is 79.7 Å². The number of nitrogens with zero attached hydrogens (tertiary/aromatic N) is 5. The first-order valence-corrected chi connectivity index (χ1v) is 14.8. The zero-order valence-corrected chi connectivity index (χ0v) is 24.4. The van der Waals surface area contributed by atoms with Crippen LogP contribution in [0.3, 0.4) is 0 Å². The van der Waals surface area contributed by atoms with Gasteiger partial charge in [-0.1, -0.05) is 60.7 Å². The van der Waals surface area contributed by atoms with E-state index in [0.29, 0.717) is 48.7 Å². The van der Waals surface area contributed by atoms with Gasteiger partial charge in [-0.3, -0.25) is 19.2 Å². The molecular weight excluding hydrogens is 558 g/mol. The van der Waals surface area contributed by atoms with E-state index in [-0.39, 0.29) is 30.4 Å². The first kappa shape index (κ1) is 28.0. The lowest BCUT2D eigenvalue weighted by Crippen LogP contribution is -2.44. The predicted octanol–water partition coefficient (Wildman–Crippen LogP) is 4.66. The highest BCUT2D eigenvalue weighted by Gasteiger charge is 2.60. The van der Waals surface area contributed by atoms with Crippen LogP contribution >= 0.6 is 0 Å². The molecular formula is C34H33N5O5. The van der Waals surface area contributed by atoms with Crippen molar-refractivity contribution < 1.29 is 24.2 Å². The quantitative estimate of drug-likeness (QED) is 0.297. The van der Waals surface area contributed by atoms with Gasteiger partial charge in [-0.15, -0.1) is 11.7 Å². The smallest absolute Gasteiger partial charge is 0.269 e. The molecule has 10 heteroatoms. The molecule has 3 aliphatic heterocycles. The molecule has 1 N–H and O–H groups in total. The van der Waals surface area contributed by atoms with Crippen LogP contribution in [0.4, 0.5) is 17.1 Å². The minimum Gasteiger partial charge on any atom is -0.482 e. The number of hydrogen-bond acceptors (Lipinski definition) is 7. The lowest BCUT2D eigenvalue weighted by Gasteiger charge is -2.31. The molecule has 44 heavy (non-hydrogen) atoms. The Morgan fingerprint density at radius 2 is 1.89 bits per heavy atom. The van der Waals surface area contributed by atoms with Crippen molar-refractivity contribution in [2.45, 2.75) is 44.1 Å². The molecule has 0 bridgehead atoms. The Bertz CT molecular complexity index is 1740. The maximum absolute atomic E-state index is 14.2. The molecule has 0 unspecified atom stereocenters. The van der Waals surface area contributed by atoms with Gasteiger partial charge in [0.05, 0.1) is 23.7 Å². The van der Waals surface area contributed by atoms with E-state index in [0.717, 1.165) is 16.8 Å². The van der Waals surface area contributed by atoms with Gasteiger partial charge in [-0.25, -0.2) is 0 Å². The summed E-state index contributed by atoms with van der Waals surface area (Å²) in [7, 11) is 0. The number of aliphatic hydroxyl groups is 1. The fourth-order valence-corrected chi connectivity index (χ4v) is 6.70. The van der Waals surface area contributed by atoms with Crippen LogP contribution in [-0.4, -0.2) is 51.2 Å². The number of carbonyl (C=O) groups excluding carboxylic acids is 2. The van der Waals surface area contributed by atoms with Gasteiger partial charge in [-0.05, 0) is 48.7 Å². The van der Waals surface area contributed by atoms with Crippen LogP contribution in [0.25, 0.3) is 0 Å². The summed E-state index contributed by atoms with van der Waals surface area (Å²) in [5, 5.41) is 19.1. The molecule has 10 nitrogen and oxygen atoms in total. The second-order valence-electron chi connectivity index (χ2n) is 11.5. The van der Waals surface area contributed by atoms with Gasteiger partial charge in [0, 0.05) is 30.3 Å². The van der Waals surface area contributed by atoms with E-state index in [4.69, 9.17) is 9.47 Å². The molecule has 4 aromatic rings. The number of rotatable bonds is 8. The average molecular weight is 592 g/mol. The molecule has 4 heterocycles. The van der Waals surface area contributed by atoms with Gasteiger partial charge < -0.3 is 19.5 Å². The summed E-state index contributed by atoms with van der Waals surface area (Å²) in [6.07, 6.45) is 3.65. The molecule has 2 amide bonds. The summed E-state index contributed by atoms with van der Waals surface area (Å²) >= 11 is 0. The summed E-state index contributed by atoms with van der Waals surface area (Å²) in [6.45, 7) is 6.71. The summed E-state index contributed by atoms with van der Waals surface area (Å²) in [6, 6.07) is 22.4. The number of benzene rings is 3. The van der Waals surface area contributed by atoms with Gasteiger partial charge in [-0.2, -0.15) is 0 Å². The van der Waals surface area contributed by atoms with Crippen LogP contribution in [0.5, 0.6) is 5.75 Å². The van der Waals surface area contributed by atoms with E-state index in [9.17, 15) is 14.7 Å². The SMILES string of the molecule is C=CCN1C(=O)[C@@]2(O[C@@H](CCn3cc([C@H](O)c4ccccc4)nn3)C[C@H]2C)c2cc(N3C(=O)COc4ccccc43)ccc21. The highest BCUT2D eigenvalue weighted by atomic mass is 16.5. The normalized spacial score (nSPS) is 23.0. The van der Waals surface area contributed by atoms with Crippen LogP contribution < -0.4 is 14.5 Å². The first-order chi connectivity index (χ1) is 21.4. The van der Waals surface area contributed by atoms with Crippen molar-refractivity contribution in [2.24, 2.45) is 5.92 Å². The molecule has 3 aliphatic rings. The lowest BCUT2D eigenvalue weighted by atomic mass is 9.82. The van der Waals surface area contributed by atoms with E-state index >= 15 is 0 Å². The van der Waals surface area contributed by atoms with Crippen molar-refractivity contribution >= 4 is 28.9 Å². The summed E-state index contributed by atoms with van der Waals surface area (Å²) in [5.74, 6) is 0.197. The highest BCUT2D eigenvalue weighted by Crippen LogP contribution is 2.54. The minimum absolute atomic E-state index is 0.0673. The van der Waals surface area contributed by atoms with Gasteiger partial charge in [0.15, 0.2) is 12.2 Å². The Morgan fingerprint density at radius 1 is 1.09 bits per heavy atom. The molecule has 224 valence electrons. The fourth-order valence-electron chi connectivity index (χ4n) is 6.70. The standard InChI is InChI=1S/C34H33N5O5/c1-3-16-38-28-14-13-24(39-29-11-7-8-12-30(29)43-21-31(39)40)19-26(28)34(33(38)42)22(2)18-25(44-34)15-17-37-20-27(35-36-37)32(41)23-9-5-4-6-10-23/h3-14,19-20,22,25,32,41H,1,15-18,21H2,2H3/t22-,25+,32-,34+/m1/s1. The molecule has 3 aromatic carbocycles. The van der Waals surface area contributed by atoms with Crippen molar-refractivity contribution in [3.05, 3.63) is 108 Å². The van der Waals surface area contributed by atoms with Gasteiger partial charge in [0.2, 0.25) is 0 Å².